The van der Waals surface area contributed by atoms with E-state index in [-0.39, 0.29) is 17.6 Å². The van der Waals surface area contributed by atoms with Gasteiger partial charge in [-0.2, -0.15) is 0 Å². The van der Waals surface area contributed by atoms with E-state index >= 15 is 0 Å². The number of likely N-dealkylation sites (tertiary alicyclic amines) is 1. The lowest BCUT2D eigenvalue weighted by Gasteiger charge is -2.46. The molecule has 1 unspecified atom stereocenters. The van der Waals surface area contributed by atoms with Gasteiger partial charge in [-0.15, -0.1) is 0 Å². The average Bonchev–Trinajstić information content (AvgIpc) is 2.97. The number of benzene rings is 2. The molecular formula is C32H42FN3O4. The van der Waals surface area contributed by atoms with Gasteiger partial charge in [0.1, 0.15) is 11.6 Å². The number of morpholine rings is 1. The van der Waals surface area contributed by atoms with Gasteiger partial charge in [0, 0.05) is 39.1 Å². The van der Waals surface area contributed by atoms with Gasteiger partial charge in [0.05, 0.1) is 18.6 Å². The molecule has 40 heavy (non-hydrogen) atoms. The fourth-order valence-electron chi connectivity index (χ4n) is 6.49. The van der Waals surface area contributed by atoms with Crippen LogP contribution in [-0.4, -0.2) is 80.2 Å². The van der Waals surface area contributed by atoms with Gasteiger partial charge in [-0.05, 0) is 74.9 Å². The second-order valence-electron chi connectivity index (χ2n) is 11.7. The average molecular weight is 552 g/mol. The van der Waals surface area contributed by atoms with Crippen LogP contribution in [0.4, 0.5) is 4.39 Å². The number of ether oxygens (including phenoxy) is 2. The number of fused-ring (bicyclic) bond motifs is 1. The molecule has 7 nitrogen and oxygen atoms in total. The topological polar surface area (TPSA) is 71.1 Å². The second-order valence-corrected chi connectivity index (χ2v) is 11.7. The Morgan fingerprint density at radius 3 is 2.52 bits per heavy atom. The number of amides is 2. The summed E-state index contributed by atoms with van der Waals surface area (Å²) in [5.41, 5.74) is 0.605. The lowest BCUT2D eigenvalue weighted by Crippen LogP contribution is -2.63. The first-order chi connectivity index (χ1) is 19.4. The molecule has 1 atom stereocenters. The molecule has 3 heterocycles. The molecule has 0 aromatic heterocycles. The molecule has 5 rings (SSSR count). The number of piperidine rings is 1. The SMILES string of the molecule is CN1CCOC(Cc2ccc(F)cc2)(C(=O)N2CCC3(CCCCc4ccccc4OCCCNC3=O)CC2)C1. The van der Waals surface area contributed by atoms with E-state index in [1.807, 2.05) is 24.1 Å². The first kappa shape index (κ1) is 28.6. The Balaban J connectivity index is 1.28. The highest BCUT2D eigenvalue weighted by molar-refractivity contribution is 5.87. The number of carbonyl (C=O) groups excluding carboxylic acids is 2. The van der Waals surface area contributed by atoms with Gasteiger partial charge in [0.2, 0.25) is 5.91 Å². The van der Waals surface area contributed by atoms with Crippen molar-refractivity contribution in [2.75, 3.05) is 53.0 Å². The number of nitrogens with one attached hydrogen (secondary N) is 1. The molecule has 1 spiro atoms. The molecule has 3 aliphatic rings. The van der Waals surface area contributed by atoms with Crippen LogP contribution in [0.25, 0.3) is 0 Å². The lowest BCUT2D eigenvalue weighted by molar-refractivity contribution is -0.172. The van der Waals surface area contributed by atoms with Crippen molar-refractivity contribution in [2.24, 2.45) is 5.41 Å². The van der Waals surface area contributed by atoms with Crippen molar-refractivity contribution in [1.29, 1.82) is 0 Å². The number of hydrogen-bond donors (Lipinski definition) is 1. The summed E-state index contributed by atoms with van der Waals surface area (Å²) in [5.74, 6) is 0.720. The van der Waals surface area contributed by atoms with Gasteiger partial charge in [0.25, 0.3) is 5.91 Å². The zero-order valence-electron chi connectivity index (χ0n) is 23.6. The molecular weight excluding hydrogens is 509 g/mol. The van der Waals surface area contributed by atoms with Crippen molar-refractivity contribution in [3.05, 3.63) is 65.5 Å². The van der Waals surface area contributed by atoms with Crippen LogP contribution in [0.1, 0.15) is 49.7 Å². The molecule has 2 aromatic carbocycles. The largest absolute Gasteiger partial charge is 0.493 e. The minimum atomic E-state index is -1.02. The maximum atomic E-state index is 14.1. The van der Waals surface area contributed by atoms with Gasteiger partial charge in [0.15, 0.2) is 5.60 Å². The number of halogens is 1. The van der Waals surface area contributed by atoms with E-state index in [1.165, 1.54) is 17.7 Å². The quantitative estimate of drug-likeness (QED) is 0.625. The Morgan fingerprint density at radius 1 is 0.975 bits per heavy atom. The maximum absolute atomic E-state index is 14.1. The van der Waals surface area contributed by atoms with Gasteiger partial charge in [-0.25, -0.2) is 4.39 Å². The van der Waals surface area contributed by atoms with Crippen LogP contribution in [0.3, 0.4) is 0 Å². The number of hydrogen-bond acceptors (Lipinski definition) is 5. The number of rotatable bonds is 3. The molecule has 216 valence electrons. The first-order valence-electron chi connectivity index (χ1n) is 14.7. The van der Waals surface area contributed by atoms with Crippen LogP contribution in [0.2, 0.25) is 0 Å². The Bertz CT molecular complexity index is 1170. The third-order valence-electron chi connectivity index (χ3n) is 8.85. The predicted octanol–water partition coefficient (Wildman–Crippen LogP) is 3.99. The van der Waals surface area contributed by atoms with Gasteiger partial charge in [-0.1, -0.05) is 36.8 Å². The summed E-state index contributed by atoms with van der Waals surface area (Å²) >= 11 is 0. The number of carbonyl (C=O) groups is 2. The van der Waals surface area contributed by atoms with Gasteiger partial charge < -0.3 is 24.6 Å². The zero-order valence-corrected chi connectivity index (χ0v) is 23.6. The van der Waals surface area contributed by atoms with Crippen LogP contribution >= 0.6 is 0 Å². The second kappa shape index (κ2) is 12.7. The zero-order chi connectivity index (χ0) is 28.0. The van der Waals surface area contributed by atoms with Gasteiger partial charge >= 0.3 is 0 Å². The minimum Gasteiger partial charge on any atom is -0.493 e. The van der Waals surface area contributed by atoms with Crippen LogP contribution in [-0.2, 0) is 27.2 Å². The van der Waals surface area contributed by atoms with E-state index in [0.717, 1.165) is 50.0 Å². The number of para-hydroxylation sites is 1. The van der Waals surface area contributed by atoms with Gasteiger partial charge in [-0.3, -0.25) is 9.59 Å². The van der Waals surface area contributed by atoms with E-state index in [0.29, 0.717) is 58.7 Å². The van der Waals surface area contributed by atoms with Crippen molar-refractivity contribution in [1.82, 2.24) is 15.1 Å². The van der Waals surface area contributed by atoms with Crippen molar-refractivity contribution >= 4 is 11.8 Å². The third-order valence-corrected chi connectivity index (χ3v) is 8.85. The Labute approximate surface area is 237 Å². The van der Waals surface area contributed by atoms with Crippen LogP contribution < -0.4 is 10.1 Å². The minimum absolute atomic E-state index is 0.0305. The predicted molar refractivity (Wildman–Crippen MR) is 152 cm³/mol. The Morgan fingerprint density at radius 2 is 1.75 bits per heavy atom. The molecule has 3 aliphatic heterocycles. The van der Waals surface area contributed by atoms with Crippen molar-refractivity contribution < 1.29 is 23.5 Å². The summed E-state index contributed by atoms with van der Waals surface area (Å²) in [5, 5.41) is 3.18. The highest BCUT2D eigenvalue weighted by Gasteiger charge is 2.48. The molecule has 0 saturated carbocycles. The molecule has 2 aromatic rings. The molecule has 2 saturated heterocycles. The summed E-state index contributed by atoms with van der Waals surface area (Å²) in [6, 6.07) is 14.5. The van der Waals surface area contributed by atoms with E-state index in [2.05, 4.69) is 22.3 Å². The van der Waals surface area contributed by atoms with Crippen LogP contribution in [0, 0.1) is 11.2 Å². The van der Waals surface area contributed by atoms with E-state index < -0.39 is 11.0 Å². The van der Waals surface area contributed by atoms with Crippen LogP contribution in [0.15, 0.2) is 48.5 Å². The van der Waals surface area contributed by atoms with Crippen molar-refractivity contribution in [2.45, 2.75) is 57.0 Å². The molecule has 2 amide bonds. The fourth-order valence-corrected chi connectivity index (χ4v) is 6.49. The molecule has 0 bridgehead atoms. The van der Waals surface area contributed by atoms with E-state index in [4.69, 9.17) is 9.47 Å². The number of likely N-dealkylation sites (N-methyl/N-ethyl adjacent to an activating group) is 1. The van der Waals surface area contributed by atoms with Crippen LogP contribution in [0.5, 0.6) is 5.75 Å². The first-order valence-corrected chi connectivity index (χ1v) is 14.7. The molecule has 0 aliphatic carbocycles. The normalized spacial score (nSPS) is 24.6. The van der Waals surface area contributed by atoms with E-state index in [1.54, 1.807) is 12.1 Å². The summed E-state index contributed by atoms with van der Waals surface area (Å²) in [4.78, 5) is 31.7. The molecule has 2 fully saturated rings. The van der Waals surface area contributed by atoms with Crippen molar-refractivity contribution in [3.8, 4) is 5.75 Å². The number of nitrogens with zero attached hydrogens (tertiary/aromatic N) is 2. The summed E-state index contributed by atoms with van der Waals surface area (Å²) in [7, 11) is 2.00. The smallest absolute Gasteiger partial charge is 0.256 e. The summed E-state index contributed by atoms with van der Waals surface area (Å²) in [6.45, 7) is 3.90. The summed E-state index contributed by atoms with van der Waals surface area (Å²) in [6.07, 6.45) is 6.08. The Kier molecular flexibility index (Phi) is 9.06. The van der Waals surface area contributed by atoms with Crippen molar-refractivity contribution in [3.63, 3.8) is 0 Å². The molecule has 0 radical (unpaired) electrons. The highest BCUT2D eigenvalue weighted by atomic mass is 19.1. The third kappa shape index (κ3) is 6.50. The monoisotopic (exact) mass is 551 g/mol. The maximum Gasteiger partial charge on any atom is 0.256 e. The fraction of sp³-hybridized carbons (Fsp3) is 0.562. The summed E-state index contributed by atoms with van der Waals surface area (Å²) < 4.78 is 25.8. The number of aryl methyl sites for hydroxylation is 1. The standard InChI is InChI=1S/C32H42FN3O4/c1-35-20-22-40-32(24-35,23-25-10-12-27(33)13-11-25)30(38)36-18-15-31(16-19-36)14-5-4-8-26-7-2-3-9-28(26)39-21-6-17-34-29(31)37/h2-3,7,9-13H,4-6,8,14-24H2,1H3,(H,34,37). The lowest BCUT2D eigenvalue weighted by atomic mass is 9.73. The van der Waals surface area contributed by atoms with E-state index in [9.17, 15) is 14.0 Å². The highest BCUT2D eigenvalue weighted by Crippen LogP contribution is 2.39. The molecule has 8 heteroatoms. The Hall–Kier alpha value is -2.97. The molecule has 1 N–H and O–H groups in total.